The molecule has 110 valence electrons. The summed E-state index contributed by atoms with van der Waals surface area (Å²) >= 11 is 0. The van der Waals surface area contributed by atoms with E-state index in [4.69, 9.17) is 0 Å². The van der Waals surface area contributed by atoms with Crippen LogP contribution in [0.4, 0.5) is 10.1 Å². The van der Waals surface area contributed by atoms with Gasteiger partial charge in [-0.25, -0.2) is 4.39 Å². The molecule has 0 atom stereocenters. The number of piperazine rings is 1. The lowest BCUT2D eigenvalue weighted by atomic mass is 10.1. The number of rotatable bonds is 2. The standard InChI is InChI=1S/C17H25FN2/c18-16-9-5-6-10-17(16)20-13-11-19(12-14-20)15-7-3-1-2-4-8-15/h5-6,9-10,15H,1-4,7-8,11-14H2/p+1. The summed E-state index contributed by atoms with van der Waals surface area (Å²) in [6, 6.07) is 8.04. The lowest BCUT2D eigenvalue weighted by Gasteiger charge is -2.37. The number of halogens is 1. The van der Waals surface area contributed by atoms with E-state index < -0.39 is 0 Å². The van der Waals surface area contributed by atoms with Crippen molar-refractivity contribution in [1.29, 1.82) is 0 Å². The van der Waals surface area contributed by atoms with Crippen LogP contribution >= 0.6 is 0 Å². The number of nitrogens with zero attached hydrogens (tertiary/aromatic N) is 1. The van der Waals surface area contributed by atoms with Gasteiger partial charge >= 0.3 is 0 Å². The minimum atomic E-state index is -0.0783. The first-order valence-corrected chi connectivity index (χ1v) is 8.18. The van der Waals surface area contributed by atoms with Gasteiger partial charge in [0.15, 0.2) is 0 Å². The highest BCUT2D eigenvalue weighted by atomic mass is 19.1. The molecular weight excluding hydrogens is 251 g/mol. The highest BCUT2D eigenvalue weighted by molar-refractivity contribution is 5.47. The van der Waals surface area contributed by atoms with Crippen LogP contribution in [-0.2, 0) is 0 Å². The Morgan fingerprint density at radius 3 is 2.25 bits per heavy atom. The van der Waals surface area contributed by atoms with Crippen molar-refractivity contribution < 1.29 is 9.29 Å². The molecule has 1 aromatic rings. The molecule has 1 aromatic carbocycles. The number of benzene rings is 1. The first-order valence-electron chi connectivity index (χ1n) is 8.18. The van der Waals surface area contributed by atoms with Crippen LogP contribution in [0.15, 0.2) is 24.3 Å². The number of para-hydroxylation sites is 1. The van der Waals surface area contributed by atoms with Crippen molar-refractivity contribution in [3.63, 3.8) is 0 Å². The summed E-state index contributed by atoms with van der Waals surface area (Å²) in [5.74, 6) is -0.0783. The average Bonchev–Trinajstić information content (AvgIpc) is 2.77. The van der Waals surface area contributed by atoms with Crippen molar-refractivity contribution >= 4 is 5.69 Å². The van der Waals surface area contributed by atoms with Gasteiger partial charge in [-0.1, -0.05) is 25.0 Å². The highest BCUT2D eigenvalue weighted by Crippen LogP contribution is 2.19. The first-order chi connectivity index (χ1) is 9.84. The molecule has 1 saturated carbocycles. The fourth-order valence-electron chi connectivity index (χ4n) is 3.84. The smallest absolute Gasteiger partial charge is 0.146 e. The van der Waals surface area contributed by atoms with Crippen LogP contribution in [0.1, 0.15) is 38.5 Å². The molecular formula is C17H26FN2+. The van der Waals surface area contributed by atoms with Crippen molar-refractivity contribution in [1.82, 2.24) is 0 Å². The molecule has 1 heterocycles. The Morgan fingerprint density at radius 1 is 0.950 bits per heavy atom. The molecule has 1 aliphatic heterocycles. The Kier molecular flexibility index (Phi) is 4.56. The van der Waals surface area contributed by atoms with Gasteiger partial charge in [0, 0.05) is 0 Å². The maximum Gasteiger partial charge on any atom is 0.146 e. The molecule has 2 fully saturated rings. The van der Waals surface area contributed by atoms with Crippen molar-refractivity contribution in [2.24, 2.45) is 0 Å². The van der Waals surface area contributed by atoms with Crippen LogP contribution in [0.3, 0.4) is 0 Å². The van der Waals surface area contributed by atoms with Gasteiger partial charge < -0.3 is 9.80 Å². The van der Waals surface area contributed by atoms with E-state index in [2.05, 4.69) is 4.90 Å². The van der Waals surface area contributed by atoms with E-state index in [1.165, 1.54) is 51.6 Å². The average molecular weight is 277 g/mol. The van der Waals surface area contributed by atoms with Gasteiger partial charge in [-0.15, -0.1) is 0 Å². The van der Waals surface area contributed by atoms with Gasteiger partial charge in [-0.05, 0) is 37.8 Å². The number of hydrogen-bond donors (Lipinski definition) is 1. The molecule has 0 amide bonds. The first kappa shape index (κ1) is 13.9. The predicted octanol–water partition coefficient (Wildman–Crippen LogP) is 2.25. The molecule has 2 nitrogen and oxygen atoms in total. The van der Waals surface area contributed by atoms with E-state index in [0.29, 0.717) is 0 Å². The molecule has 1 aliphatic carbocycles. The van der Waals surface area contributed by atoms with E-state index in [1.54, 1.807) is 17.0 Å². The molecule has 3 rings (SSSR count). The predicted molar refractivity (Wildman–Crippen MR) is 80.8 cm³/mol. The number of nitrogens with one attached hydrogen (secondary N) is 1. The Hall–Kier alpha value is -1.09. The highest BCUT2D eigenvalue weighted by Gasteiger charge is 2.28. The molecule has 2 aliphatic rings. The third-order valence-corrected chi connectivity index (χ3v) is 5.03. The van der Waals surface area contributed by atoms with Gasteiger partial charge in [0.25, 0.3) is 0 Å². The van der Waals surface area contributed by atoms with Gasteiger partial charge in [-0.3, -0.25) is 0 Å². The third-order valence-electron chi connectivity index (χ3n) is 5.03. The van der Waals surface area contributed by atoms with Gasteiger partial charge in [0.05, 0.1) is 37.9 Å². The van der Waals surface area contributed by atoms with Crippen LogP contribution in [0.25, 0.3) is 0 Å². The largest absolute Gasteiger partial charge is 0.358 e. The van der Waals surface area contributed by atoms with Crippen LogP contribution < -0.4 is 9.80 Å². The summed E-state index contributed by atoms with van der Waals surface area (Å²) in [5, 5.41) is 0. The van der Waals surface area contributed by atoms with Crippen molar-refractivity contribution in [2.45, 2.75) is 44.6 Å². The zero-order valence-corrected chi connectivity index (χ0v) is 12.3. The Labute approximate surface area is 121 Å². The number of anilines is 1. The Bertz CT molecular complexity index is 419. The van der Waals surface area contributed by atoms with E-state index >= 15 is 0 Å². The zero-order chi connectivity index (χ0) is 13.8. The SMILES string of the molecule is Fc1ccccc1N1CC[NH+](C2CCCCCC2)CC1. The van der Waals surface area contributed by atoms with Gasteiger partial charge in [-0.2, -0.15) is 0 Å². The molecule has 3 heteroatoms. The molecule has 0 bridgehead atoms. The molecule has 0 unspecified atom stereocenters. The maximum absolute atomic E-state index is 13.8. The Morgan fingerprint density at radius 2 is 1.60 bits per heavy atom. The van der Waals surface area contributed by atoms with Crippen LogP contribution in [0.5, 0.6) is 0 Å². The van der Waals surface area contributed by atoms with Crippen LogP contribution in [0.2, 0.25) is 0 Å². The number of hydrogen-bond acceptors (Lipinski definition) is 1. The normalized spacial score (nSPS) is 22.8. The lowest BCUT2D eigenvalue weighted by molar-refractivity contribution is -0.926. The van der Waals surface area contributed by atoms with Gasteiger partial charge in [0.2, 0.25) is 0 Å². The quantitative estimate of drug-likeness (QED) is 0.815. The summed E-state index contributed by atoms with van der Waals surface area (Å²) in [4.78, 5) is 3.98. The second-order valence-corrected chi connectivity index (χ2v) is 6.29. The minimum absolute atomic E-state index is 0.0783. The second-order valence-electron chi connectivity index (χ2n) is 6.29. The molecule has 0 radical (unpaired) electrons. The van der Waals surface area contributed by atoms with Crippen LogP contribution in [-0.4, -0.2) is 32.2 Å². The van der Waals surface area contributed by atoms with Crippen molar-refractivity contribution in [3.05, 3.63) is 30.1 Å². The Balaban J connectivity index is 1.58. The maximum atomic E-state index is 13.8. The zero-order valence-electron chi connectivity index (χ0n) is 12.3. The number of quaternary nitrogens is 1. The minimum Gasteiger partial charge on any atom is -0.358 e. The van der Waals surface area contributed by atoms with Crippen LogP contribution in [0, 0.1) is 5.82 Å². The fourth-order valence-corrected chi connectivity index (χ4v) is 3.84. The van der Waals surface area contributed by atoms with Crippen molar-refractivity contribution in [3.8, 4) is 0 Å². The summed E-state index contributed by atoms with van der Waals surface area (Å²) < 4.78 is 13.8. The van der Waals surface area contributed by atoms with Crippen molar-refractivity contribution in [2.75, 3.05) is 31.1 Å². The second kappa shape index (κ2) is 6.57. The molecule has 0 aromatic heterocycles. The summed E-state index contributed by atoms with van der Waals surface area (Å²) in [6.07, 6.45) is 8.46. The monoisotopic (exact) mass is 277 g/mol. The van der Waals surface area contributed by atoms with E-state index in [0.717, 1.165) is 24.8 Å². The topological polar surface area (TPSA) is 7.68 Å². The molecule has 1 N–H and O–H groups in total. The van der Waals surface area contributed by atoms with E-state index in [9.17, 15) is 4.39 Å². The molecule has 20 heavy (non-hydrogen) atoms. The summed E-state index contributed by atoms with van der Waals surface area (Å²) in [5.41, 5.74) is 0.785. The third kappa shape index (κ3) is 3.14. The summed E-state index contributed by atoms with van der Waals surface area (Å²) in [7, 11) is 0. The fraction of sp³-hybridized carbons (Fsp3) is 0.647. The lowest BCUT2D eigenvalue weighted by Crippen LogP contribution is -3.18. The molecule has 1 saturated heterocycles. The molecule has 0 spiro atoms. The summed E-state index contributed by atoms with van der Waals surface area (Å²) in [6.45, 7) is 4.32. The van der Waals surface area contributed by atoms with Gasteiger partial charge in [0.1, 0.15) is 5.82 Å². The van der Waals surface area contributed by atoms with E-state index in [-0.39, 0.29) is 5.82 Å². The van der Waals surface area contributed by atoms with E-state index in [1.807, 2.05) is 12.1 Å².